The van der Waals surface area contributed by atoms with Gasteiger partial charge in [0.05, 0.1) is 11.1 Å². The highest BCUT2D eigenvalue weighted by Gasteiger charge is 2.29. The Balaban J connectivity index is 1.95. The SMILES string of the molecule is CC(C)CCn1c(=O)c(C2=NS(=O)(=O)c3ccccc3N2)c(O)c2ccsc21. The molecule has 0 unspecified atom stereocenters. The Morgan fingerprint density at radius 3 is 2.75 bits per heavy atom. The molecule has 7 nitrogen and oxygen atoms in total. The van der Waals surface area contributed by atoms with Crippen molar-refractivity contribution >= 4 is 43.1 Å². The lowest BCUT2D eigenvalue weighted by Gasteiger charge is -2.20. The molecule has 3 aromatic rings. The van der Waals surface area contributed by atoms with E-state index in [9.17, 15) is 18.3 Å². The quantitative estimate of drug-likeness (QED) is 0.678. The zero-order valence-electron chi connectivity index (χ0n) is 15.3. The van der Waals surface area contributed by atoms with Gasteiger partial charge in [-0.15, -0.1) is 15.7 Å². The second-order valence-electron chi connectivity index (χ2n) is 7.04. The Hall–Kier alpha value is -2.65. The van der Waals surface area contributed by atoms with Gasteiger partial charge in [0.2, 0.25) is 0 Å². The van der Waals surface area contributed by atoms with E-state index in [2.05, 4.69) is 23.6 Å². The lowest BCUT2D eigenvalue weighted by Crippen LogP contribution is -2.32. The van der Waals surface area contributed by atoms with E-state index < -0.39 is 15.6 Å². The summed E-state index contributed by atoms with van der Waals surface area (Å²) in [7, 11) is -3.98. The number of thiophene rings is 1. The number of nitrogens with one attached hydrogen (secondary N) is 1. The van der Waals surface area contributed by atoms with Crippen molar-refractivity contribution in [1.82, 2.24) is 4.57 Å². The van der Waals surface area contributed by atoms with Crippen molar-refractivity contribution in [2.45, 2.75) is 31.7 Å². The Morgan fingerprint density at radius 2 is 2.00 bits per heavy atom. The first kappa shape index (κ1) is 18.7. The number of nitrogens with zero attached hydrogens (tertiary/aromatic N) is 2. The summed E-state index contributed by atoms with van der Waals surface area (Å²) in [6.45, 7) is 4.60. The number of benzene rings is 1. The predicted molar refractivity (Wildman–Crippen MR) is 111 cm³/mol. The lowest BCUT2D eigenvalue weighted by molar-refractivity contribution is 0.474. The number of fused-ring (bicyclic) bond motifs is 2. The molecule has 2 aromatic heterocycles. The predicted octanol–water partition coefficient (Wildman–Crippen LogP) is 3.38. The second kappa shape index (κ2) is 6.75. The maximum atomic E-state index is 13.2. The van der Waals surface area contributed by atoms with Gasteiger partial charge in [-0.2, -0.15) is 8.42 Å². The van der Waals surface area contributed by atoms with Gasteiger partial charge in [-0.1, -0.05) is 26.0 Å². The van der Waals surface area contributed by atoms with Crippen LogP contribution in [0.15, 0.2) is 49.8 Å². The van der Waals surface area contributed by atoms with E-state index in [-0.39, 0.29) is 22.0 Å². The molecule has 0 amide bonds. The van der Waals surface area contributed by atoms with Crippen molar-refractivity contribution in [3.8, 4) is 5.75 Å². The van der Waals surface area contributed by atoms with Crippen LogP contribution in [0.4, 0.5) is 5.69 Å². The van der Waals surface area contributed by atoms with E-state index in [4.69, 9.17) is 0 Å². The maximum absolute atomic E-state index is 13.2. The van der Waals surface area contributed by atoms with Gasteiger partial charge < -0.3 is 10.4 Å². The molecule has 0 aliphatic carbocycles. The monoisotopic (exact) mass is 417 g/mol. The fourth-order valence-corrected chi connectivity index (χ4v) is 5.23. The van der Waals surface area contributed by atoms with Gasteiger partial charge in [0, 0.05) is 6.54 Å². The number of aromatic nitrogens is 1. The summed E-state index contributed by atoms with van der Waals surface area (Å²) in [5.41, 5.74) is -0.271. The molecular weight excluding hydrogens is 398 g/mol. The van der Waals surface area contributed by atoms with Crippen LogP contribution in [-0.2, 0) is 16.6 Å². The van der Waals surface area contributed by atoms with Crippen LogP contribution in [0.2, 0.25) is 0 Å². The maximum Gasteiger partial charge on any atom is 0.286 e. The summed E-state index contributed by atoms with van der Waals surface area (Å²) in [6.07, 6.45) is 0.776. The fraction of sp³-hybridized carbons (Fsp3) is 0.263. The van der Waals surface area contributed by atoms with Crippen LogP contribution in [0, 0.1) is 5.92 Å². The minimum atomic E-state index is -3.98. The number of para-hydroxylation sites is 1. The van der Waals surface area contributed by atoms with Crippen molar-refractivity contribution in [3.05, 3.63) is 51.6 Å². The number of amidine groups is 1. The fourth-order valence-electron chi connectivity index (χ4n) is 3.18. The van der Waals surface area contributed by atoms with Crippen LogP contribution in [0.5, 0.6) is 5.75 Å². The van der Waals surface area contributed by atoms with E-state index in [0.29, 0.717) is 28.4 Å². The highest BCUT2D eigenvalue weighted by molar-refractivity contribution is 7.90. The molecular formula is C19H19N3O4S2. The first-order valence-electron chi connectivity index (χ1n) is 8.84. The molecule has 146 valence electrons. The minimum Gasteiger partial charge on any atom is -0.506 e. The number of hydrogen-bond acceptors (Lipinski definition) is 6. The molecule has 1 aromatic carbocycles. The zero-order chi connectivity index (χ0) is 20.1. The molecule has 0 saturated heterocycles. The topological polar surface area (TPSA) is 101 Å². The number of sulfonamides is 1. The van der Waals surface area contributed by atoms with E-state index >= 15 is 0 Å². The number of anilines is 1. The summed E-state index contributed by atoms with van der Waals surface area (Å²) in [6, 6.07) is 8.05. The third kappa shape index (κ3) is 3.00. The van der Waals surface area contributed by atoms with Crippen molar-refractivity contribution < 1.29 is 13.5 Å². The average Bonchev–Trinajstić information content (AvgIpc) is 3.11. The third-order valence-corrected chi connectivity index (χ3v) is 6.91. The molecule has 0 radical (unpaired) electrons. The smallest absolute Gasteiger partial charge is 0.286 e. The van der Waals surface area contributed by atoms with Crippen molar-refractivity contribution in [2.24, 2.45) is 10.3 Å². The van der Waals surface area contributed by atoms with Crippen LogP contribution in [0.1, 0.15) is 25.8 Å². The van der Waals surface area contributed by atoms with Crippen LogP contribution >= 0.6 is 11.3 Å². The van der Waals surface area contributed by atoms with Gasteiger partial charge in [0.25, 0.3) is 15.6 Å². The van der Waals surface area contributed by atoms with E-state index in [0.717, 1.165) is 6.42 Å². The number of aryl methyl sites for hydroxylation is 1. The third-order valence-electron chi connectivity index (χ3n) is 4.64. The molecule has 28 heavy (non-hydrogen) atoms. The summed E-state index contributed by atoms with van der Waals surface area (Å²) in [4.78, 5) is 13.9. The van der Waals surface area contributed by atoms with Gasteiger partial charge in [-0.05, 0) is 35.9 Å². The zero-order valence-corrected chi connectivity index (χ0v) is 17.0. The van der Waals surface area contributed by atoms with Crippen LogP contribution in [-0.4, -0.2) is 23.9 Å². The number of pyridine rings is 1. The second-order valence-corrected chi connectivity index (χ2v) is 9.51. The molecule has 0 atom stereocenters. The van der Waals surface area contributed by atoms with Crippen LogP contribution in [0.25, 0.3) is 10.2 Å². The minimum absolute atomic E-state index is 0.0370. The van der Waals surface area contributed by atoms with Crippen LogP contribution in [0.3, 0.4) is 0 Å². The largest absolute Gasteiger partial charge is 0.506 e. The summed E-state index contributed by atoms with van der Waals surface area (Å²) in [5.74, 6) is -0.0351. The number of aromatic hydroxyl groups is 1. The lowest BCUT2D eigenvalue weighted by atomic mass is 10.1. The molecule has 1 aliphatic rings. The van der Waals surface area contributed by atoms with E-state index in [1.165, 1.54) is 17.4 Å². The normalized spacial score (nSPS) is 15.3. The van der Waals surface area contributed by atoms with Gasteiger partial charge >= 0.3 is 0 Å². The molecule has 0 bridgehead atoms. The van der Waals surface area contributed by atoms with Crippen molar-refractivity contribution in [2.75, 3.05) is 5.32 Å². The summed E-state index contributed by atoms with van der Waals surface area (Å²) < 4.78 is 30.5. The Bertz CT molecular complexity index is 1270. The van der Waals surface area contributed by atoms with Gasteiger partial charge in [-0.25, -0.2) is 0 Å². The van der Waals surface area contributed by atoms with Crippen LogP contribution < -0.4 is 10.9 Å². The van der Waals surface area contributed by atoms with Crippen molar-refractivity contribution in [1.29, 1.82) is 0 Å². The standard InChI is InChI=1S/C19H19N3O4S2/c1-11(2)7-9-22-18(24)15(16(23)12-8-10-27-19(12)22)17-20-13-5-3-4-6-14(13)28(25,26)21-17/h3-6,8,10-11,23H,7,9H2,1-2H3,(H,20,21). The Morgan fingerprint density at radius 1 is 1.25 bits per heavy atom. The number of rotatable bonds is 4. The molecule has 0 spiro atoms. The average molecular weight is 418 g/mol. The Labute approximate surface area is 166 Å². The first-order chi connectivity index (χ1) is 13.3. The molecule has 0 fully saturated rings. The van der Waals surface area contributed by atoms with E-state index in [1.54, 1.807) is 34.2 Å². The summed E-state index contributed by atoms with van der Waals surface area (Å²) >= 11 is 1.36. The Kier molecular flexibility index (Phi) is 4.51. The van der Waals surface area contributed by atoms with E-state index in [1.807, 2.05) is 0 Å². The molecule has 0 saturated carbocycles. The van der Waals surface area contributed by atoms with Gasteiger partial charge in [0.1, 0.15) is 21.0 Å². The molecule has 9 heteroatoms. The van der Waals surface area contributed by atoms with Gasteiger partial charge in [-0.3, -0.25) is 9.36 Å². The number of hydrogen-bond donors (Lipinski definition) is 2. The highest BCUT2D eigenvalue weighted by atomic mass is 32.2. The molecule has 3 heterocycles. The van der Waals surface area contributed by atoms with Gasteiger partial charge in [0.15, 0.2) is 5.84 Å². The summed E-state index contributed by atoms with van der Waals surface area (Å²) in [5, 5.41) is 16.0. The molecule has 4 rings (SSSR count). The van der Waals surface area contributed by atoms with Crippen molar-refractivity contribution in [3.63, 3.8) is 0 Å². The molecule has 1 aliphatic heterocycles. The first-order valence-corrected chi connectivity index (χ1v) is 11.2. The highest BCUT2D eigenvalue weighted by Crippen LogP contribution is 2.34. The molecule has 2 N–H and O–H groups in total.